The quantitative estimate of drug-likeness (QED) is 0.726. The zero-order chi connectivity index (χ0) is 14.4. The molecule has 7 heteroatoms. The van der Waals surface area contributed by atoms with Crippen LogP contribution in [0.25, 0.3) is 0 Å². The SMILES string of the molecule is CCNC(=O)CCNC(=O)c1cc(Cl)c(N)c(Cl)c1. The highest BCUT2D eigenvalue weighted by molar-refractivity contribution is 6.39. The Morgan fingerprint density at radius 3 is 2.32 bits per heavy atom. The summed E-state index contributed by atoms with van der Waals surface area (Å²) in [6, 6.07) is 2.87. The molecule has 0 saturated carbocycles. The Morgan fingerprint density at radius 2 is 1.79 bits per heavy atom. The standard InChI is InChI=1S/C12H15Cl2N3O2/c1-2-16-10(18)3-4-17-12(19)7-5-8(13)11(15)9(14)6-7/h5-6H,2-4,15H2,1H3,(H,16,18)(H,17,19). The van der Waals surface area contributed by atoms with E-state index in [4.69, 9.17) is 28.9 Å². The van der Waals surface area contributed by atoms with E-state index in [0.717, 1.165) is 0 Å². The van der Waals surface area contributed by atoms with E-state index in [-0.39, 0.29) is 40.5 Å². The van der Waals surface area contributed by atoms with Crippen LogP contribution in [0, 0.1) is 0 Å². The van der Waals surface area contributed by atoms with Gasteiger partial charge in [0.15, 0.2) is 0 Å². The van der Waals surface area contributed by atoms with Gasteiger partial charge in [0.05, 0.1) is 15.7 Å². The highest BCUT2D eigenvalue weighted by atomic mass is 35.5. The number of hydrogen-bond acceptors (Lipinski definition) is 3. The van der Waals surface area contributed by atoms with E-state index >= 15 is 0 Å². The van der Waals surface area contributed by atoms with E-state index in [1.54, 1.807) is 0 Å². The Kier molecular flexibility index (Phi) is 5.92. The summed E-state index contributed by atoms with van der Waals surface area (Å²) in [7, 11) is 0. The lowest BCUT2D eigenvalue weighted by Gasteiger charge is -2.08. The minimum Gasteiger partial charge on any atom is -0.396 e. The average molecular weight is 304 g/mol. The number of carbonyl (C=O) groups excluding carboxylic acids is 2. The summed E-state index contributed by atoms with van der Waals surface area (Å²) in [6.45, 7) is 2.63. The van der Waals surface area contributed by atoms with Crippen molar-refractivity contribution in [3.8, 4) is 0 Å². The van der Waals surface area contributed by atoms with Crippen molar-refractivity contribution in [3.05, 3.63) is 27.7 Å². The molecule has 0 atom stereocenters. The Bertz CT molecular complexity index is 469. The molecule has 0 unspecified atom stereocenters. The second-order valence-corrected chi connectivity index (χ2v) is 4.63. The lowest BCUT2D eigenvalue weighted by atomic mass is 10.2. The van der Waals surface area contributed by atoms with Gasteiger partial charge in [0.1, 0.15) is 0 Å². The zero-order valence-corrected chi connectivity index (χ0v) is 11.9. The summed E-state index contributed by atoms with van der Waals surface area (Å²) >= 11 is 11.7. The summed E-state index contributed by atoms with van der Waals surface area (Å²) in [5.41, 5.74) is 6.12. The molecule has 1 aromatic rings. The molecule has 0 aliphatic rings. The fraction of sp³-hybridized carbons (Fsp3) is 0.333. The zero-order valence-electron chi connectivity index (χ0n) is 10.4. The molecule has 0 radical (unpaired) electrons. The van der Waals surface area contributed by atoms with Crippen LogP contribution in [0.3, 0.4) is 0 Å². The van der Waals surface area contributed by atoms with Gasteiger partial charge in [-0.05, 0) is 19.1 Å². The van der Waals surface area contributed by atoms with E-state index in [1.165, 1.54) is 12.1 Å². The Labute approximate surface area is 121 Å². The van der Waals surface area contributed by atoms with Crippen molar-refractivity contribution in [2.45, 2.75) is 13.3 Å². The fourth-order valence-corrected chi connectivity index (χ4v) is 1.88. The van der Waals surface area contributed by atoms with Crippen LogP contribution >= 0.6 is 23.2 Å². The Hall–Kier alpha value is -1.46. The molecule has 0 spiro atoms. The van der Waals surface area contributed by atoms with Gasteiger partial charge in [-0.2, -0.15) is 0 Å². The van der Waals surface area contributed by atoms with Gasteiger partial charge in [-0.25, -0.2) is 0 Å². The topological polar surface area (TPSA) is 84.2 Å². The summed E-state index contributed by atoms with van der Waals surface area (Å²) < 4.78 is 0. The van der Waals surface area contributed by atoms with E-state index in [2.05, 4.69) is 10.6 Å². The highest BCUT2D eigenvalue weighted by Gasteiger charge is 2.11. The third-order valence-electron chi connectivity index (χ3n) is 2.35. The molecule has 0 fully saturated rings. The van der Waals surface area contributed by atoms with E-state index in [1.807, 2.05) is 6.92 Å². The number of carbonyl (C=O) groups is 2. The number of halogens is 2. The smallest absolute Gasteiger partial charge is 0.251 e. The maximum atomic E-state index is 11.8. The van der Waals surface area contributed by atoms with Gasteiger partial charge in [0.2, 0.25) is 5.91 Å². The lowest BCUT2D eigenvalue weighted by Crippen LogP contribution is -2.30. The average Bonchev–Trinajstić information content (AvgIpc) is 2.35. The largest absolute Gasteiger partial charge is 0.396 e. The normalized spacial score (nSPS) is 10.1. The van der Waals surface area contributed by atoms with Crippen molar-refractivity contribution in [1.29, 1.82) is 0 Å². The number of nitrogens with one attached hydrogen (secondary N) is 2. The Balaban J connectivity index is 2.57. The molecule has 1 rings (SSSR count). The van der Waals surface area contributed by atoms with Crippen LogP contribution in [0.4, 0.5) is 5.69 Å². The third-order valence-corrected chi connectivity index (χ3v) is 2.98. The number of nitrogens with two attached hydrogens (primary N) is 1. The van der Waals surface area contributed by atoms with Crippen LogP contribution in [0.2, 0.25) is 10.0 Å². The van der Waals surface area contributed by atoms with Gasteiger partial charge < -0.3 is 16.4 Å². The first kappa shape index (κ1) is 15.6. The first-order valence-corrected chi connectivity index (χ1v) is 6.50. The molecule has 5 nitrogen and oxygen atoms in total. The third kappa shape index (κ3) is 4.61. The summed E-state index contributed by atoms with van der Waals surface area (Å²) in [4.78, 5) is 23.0. The van der Waals surface area contributed by atoms with Gasteiger partial charge in [-0.3, -0.25) is 9.59 Å². The number of rotatable bonds is 5. The molecule has 19 heavy (non-hydrogen) atoms. The van der Waals surface area contributed by atoms with Gasteiger partial charge in [-0.1, -0.05) is 23.2 Å². The Morgan fingerprint density at radius 1 is 1.21 bits per heavy atom. The molecule has 4 N–H and O–H groups in total. The van der Waals surface area contributed by atoms with Gasteiger partial charge in [0.25, 0.3) is 5.91 Å². The summed E-state index contributed by atoms with van der Waals surface area (Å²) in [6.07, 6.45) is 0.218. The molecule has 2 amide bonds. The molecule has 0 heterocycles. The van der Waals surface area contributed by atoms with Crippen LogP contribution < -0.4 is 16.4 Å². The van der Waals surface area contributed by atoms with Crippen LogP contribution in [0.5, 0.6) is 0 Å². The monoisotopic (exact) mass is 303 g/mol. The minimum atomic E-state index is -0.354. The molecule has 0 aromatic heterocycles. The van der Waals surface area contributed by atoms with Crippen molar-refractivity contribution in [2.24, 2.45) is 0 Å². The van der Waals surface area contributed by atoms with Gasteiger partial charge in [-0.15, -0.1) is 0 Å². The van der Waals surface area contributed by atoms with Crippen molar-refractivity contribution in [2.75, 3.05) is 18.8 Å². The maximum absolute atomic E-state index is 11.8. The highest BCUT2D eigenvalue weighted by Crippen LogP contribution is 2.28. The predicted molar refractivity (Wildman–Crippen MR) is 76.5 cm³/mol. The predicted octanol–water partition coefficient (Wildman–Crippen LogP) is 1.83. The van der Waals surface area contributed by atoms with Crippen LogP contribution in [-0.4, -0.2) is 24.9 Å². The number of hydrogen-bond donors (Lipinski definition) is 3. The van der Waals surface area contributed by atoms with E-state index < -0.39 is 0 Å². The van der Waals surface area contributed by atoms with Gasteiger partial charge in [0, 0.05) is 25.1 Å². The molecular weight excluding hydrogens is 289 g/mol. The van der Waals surface area contributed by atoms with Crippen molar-refractivity contribution < 1.29 is 9.59 Å². The van der Waals surface area contributed by atoms with E-state index in [0.29, 0.717) is 12.1 Å². The molecule has 0 aliphatic carbocycles. The second kappa shape index (κ2) is 7.21. The summed E-state index contributed by atoms with van der Waals surface area (Å²) in [5.74, 6) is -0.468. The number of anilines is 1. The fourth-order valence-electron chi connectivity index (χ4n) is 1.39. The summed E-state index contributed by atoms with van der Waals surface area (Å²) in [5, 5.41) is 5.69. The molecule has 0 aliphatic heterocycles. The first-order valence-electron chi connectivity index (χ1n) is 5.75. The number of benzene rings is 1. The molecular formula is C12H15Cl2N3O2. The molecule has 104 valence electrons. The van der Waals surface area contributed by atoms with Crippen LogP contribution in [-0.2, 0) is 4.79 Å². The molecule has 0 saturated heterocycles. The van der Waals surface area contributed by atoms with E-state index in [9.17, 15) is 9.59 Å². The maximum Gasteiger partial charge on any atom is 0.251 e. The van der Waals surface area contributed by atoms with Crippen molar-refractivity contribution in [1.82, 2.24) is 10.6 Å². The molecule has 1 aromatic carbocycles. The van der Waals surface area contributed by atoms with Gasteiger partial charge >= 0.3 is 0 Å². The number of nitrogen functional groups attached to an aromatic ring is 1. The first-order chi connectivity index (χ1) is 8.95. The lowest BCUT2D eigenvalue weighted by molar-refractivity contribution is -0.120. The number of amides is 2. The molecule has 0 bridgehead atoms. The van der Waals surface area contributed by atoms with Crippen LogP contribution in [0.15, 0.2) is 12.1 Å². The minimum absolute atomic E-state index is 0.115. The second-order valence-electron chi connectivity index (χ2n) is 3.81. The van der Waals surface area contributed by atoms with Crippen molar-refractivity contribution in [3.63, 3.8) is 0 Å². The van der Waals surface area contributed by atoms with Crippen molar-refractivity contribution >= 4 is 40.7 Å². The van der Waals surface area contributed by atoms with Crippen LogP contribution in [0.1, 0.15) is 23.7 Å².